The molecule has 2 aliphatic heterocycles. The molecule has 0 N–H and O–H groups in total. The molecular weight excluding hydrogens is 382 g/mol. The molecule has 0 radical (unpaired) electrons. The minimum atomic E-state index is -0.774. The SMILES string of the molecule is C[C@H]1CN(C(=O)COC(=O)c2ccc(N3CCOCC3)c([N+](=O)[O-])c2)C[C@H](C)O1. The van der Waals surface area contributed by atoms with Crippen LogP contribution in [0.15, 0.2) is 18.2 Å². The van der Waals surface area contributed by atoms with Crippen LogP contribution >= 0.6 is 0 Å². The Balaban J connectivity index is 1.65. The fraction of sp³-hybridized carbons (Fsp3) is 0.579. The Bertz CT molecular complexity index is 769. The number of nitrogens with zero attached hydrogens (tertiary/aromatic N) is 3. The molecule has 0 aromatic heterocycles. The van der Waals surface area contributed by atoms with Crippen LogP contribution < -0.4 is 4.90 Å². The third-order valence-electron chi connectivity index (χ3n) is 4.86. The third kappa shape index (κ3) is 5.21. The molecule has 2 fully saturated rings. The third-order valence-corrected chi connectivity index (χ3v) is 4.86. The molecule has 1 amide bonds. The number of esters is 1. The Morgan fingerprint density at radius 3 is 2.48 bits per heavy atom. The maximum atomic E-state index is 12.3. The second-order valence-electron chi connectivity index (χ2n) is 7.19. The molecule has 29 heavy (non-hydrogen) atoms. The summed E-state index contributed by atoms with van der Waals surface area (Å²) in [6.45, 7) is 6.24. The van der Waals surface area contributed by atoms with Crippen LogP contribution in [0.5, 0.6) is 0 Å². The largest absolute Gasteiger partial charge is 0.452 e. The van der Waals surface area contributed by atoms with Gasteiger partial charge in [0.1, 0.15) is 5.69 Å². The van der Waals surface area contributed by atoms with Crippen molar-refractivity contribution < 1.29 is 28.7 Å². The molecule has 0 aliphatic carbocycles. The summed E-state index contributed by atoms with van der Waals surface area (Å²) in [6.07, 6.45) is -0.178. The summed E-state index contributed by atoms with van der Waals surface area (Å²) >= 11 is 0. The molecule has 2 atom stereocenters. The number of morpholine rings is 2. The number of hydrogen-bond acceptors (Lipinski definition) is 8. The van der Waals surface area contributed by atoms with Gasteiger partial charge in [-0.25, -0.2) is 4.79 Å². The monoisotopic (exact) mass is 407 g/mol. The molecule has 0 bridgehead atoms. The normalized spacial score (nSPS) is 22.3. The molecule has 158 valence electrons. The topological polar surface area (TPSA) is 111 Å². The standard InChI is InChI=1S/C19H25N3O7/c1-13-10-21(11-14(2)29-13)18(23)12-28-19(24)15-3-4-16(17(9-15)22(25)26)20-5-7-27-8-6-20/h3-4,9,13-14H,5-8,10-12H2,1-2H3/t13-,14-/m0/s1. The Hall–Kier alpha value is -2.72. The van der Waals surface area contributed by atoms with Crippen molar-refractivity contribution in [2.45, 2.75) is 26.1 Å². The van der Waals surface area contributed by atoms with Crippen LogP contribution in [0.1, 0.15) is 24.2 Å². The zero-order valence-electron chi connectivity index (χ0n) is 16.5. The molecule has 2 heterocycles. The number of nitro benzene ring substituents is 1. The van der Waals surface area contributed by atoms with E-state index in [4.69, 9.17) is 14.2 Å². The van der Waals surface area contributed by atoms with Crippen LogP contribution in [0.3, 0.4) is 0 Å². The van der Waals surface area contributed by atoms with Crippen LogP contribution in [-0.2, 0) is 19.0 Å². The van der Waals surface area contributed by atoms with E-state index < -0.39 is 17.5 Å². The number of hydrogen-bond donors (Lipinski definition) is 0. The van der Waals surface area contributed by atoms with Gasteiger partial charge in [0, 0.05) is 32.2 Å². The van der Waals surface area contributed by atoms with Crippen molar-refractivity contribution >= 4 is 23.3 Å². The van der Waals surface area contributed by atoms with Crippen molar-refractivity contribution in [3.63, 3.8) is 0 Å². The lowest BCUT2D eigenvalue weighted by Crippen LogP contribution is -2.49. The van der Waals surface area contributed by atoms with Gasteiger partial charge in [0.2, 0.25) is 0 Å². The predicted octanol–water partition coefficient (Wildman–Crippen LogP) is 1.22. The Morgan fingerprint density at radius 2 is 1.86 bits per heavy atom. The first-order valence-corrected chi connectivity index (χ1v) is 9.56. The van der Waals surface area contributed by atoms with E-state index in [1.165, 1.54) is 18.2 Å². The van der Waals surface area contributed by atoms with Crippen molar-refractivity contribution in [3.8, 4) is 0 Å². The van der Waals surface area contributed by atoms with Crippen molar-refractivity contribution in [2.24, 2.45) is 0 Å². The lowest BCUT2D eigenvalue weighted by atomic mass is 10.1. The van der Waals surface area contributed by atoms with Crippen molar-refractivity contribution in [2.75, 3.05) is 50.9 Å². The van der Waals surface area contributed by atoms with Gasteiger partial charge in [-0.2, -0.15) is 0 Å². The van der Waals surface area contributed by atoms with Gasteiger partial charge in [0.05, 0.1) is 35.9 Å². The van der Waals surface area contributed by atoms with E-state index in [9.17, 15) is 19.7 Å². The van der Waals surface area contributed by atoms with Gasteiger partial charge in [-0.1, -0.05) is 0 Å². The zero-order chi connectivity index (χ0) is 21.0. The molecule has 3 rings (SSSR count). The van der Waals surface area contributed by atoms with E-state index in [0.29, 0.717) is 45.1 Å². The minimum absolute atomic E-state index is 0.0326. The number of amides is 1. The Morgan fingerprint density at radius 1 is 1.21 bits per heavy atom. The van der Waals surface area contributed by atoms with Crippen molar-refractivity contribution in [3.05, 3.63) is 33.9 Å². The predicted molar refractivity (Wildman–Crippen MR) is 103 cm³/mol. The highest BCUT2D eigenvalue weighted by molar-refractivity contribution is 5.93. The summed E-state index contributed by atoms with van der Waals surface area (Å²) in [5.41, 5.74) is 0.288. The average Bonchev–Trinajstić information content (AvgIpc) is 2.71. The number of ether oxygens (including phenoxy) is 3. The summed E-state index contributed by atoms with van der Waals surface area (Å²) in [4.78, 5) is 39.1. The first kappa shape index (κ1) is 21.0. The fourth-order valence-electron chi connectivity index (χ4n) is 3.55. The van der Waals surface area contributed by atoms with E-state index in [0.717, 1.165) is 0 Å². The number of rotatable bonds is 5. The fourth-order valence-corrected chi connectivity index (χ4v) is 3.55. The van der Waals surface area contributed by atoms with Gasteiger partial charge in [0.25, 0.3) is 11.6 Å². The number of benzene rings is 1. The van der Waals surface area contributed by atoms with E-state index in [2.05, 4.69) is 0 Å². The molecule has 2 saturated heterocycles. The van der Waals surface area contributed by atoms with Gasteiger partial charge in [-0.05, 0) is 26.0 Å². The highest BCUT2D eigenvalue weighted by Crippen LogP contribution is 2.30. The van der Waals surface area contributed by atoms with Gasteiger partial charge >= 0.3 is 5.97 Å². The Kier molecular flexibility index (Phi) is 6.65. The lowest BCUT2D eigenvalue weighted by molar-refractivity contribution is -0.384. The summed E-state index contributed by atoms with van der Waals surface area (Å²) < 4.78 is 16.0. The average molecular weight is 407 g/mol. The van der Waals surface area contributed by atoms with E-state index in [-0.39, 0.29) is 29.4 Å². The van der Waals surface area contributed by atoms with E-state index in [1.54, 1.807) is 4.90 Å². The molecule has 0 saturated carbocycles. The van der Waals surface area contributed by atoms with Gasteiger partial charge in [-0.15, -0.1) is 0 Å². The second kappa shape index (κ2) is 9.19. The molecule has 1 aromatic rings. The van der Waals surface area contributed by atoms with Crippen LogP contribution in [0.2, 0.25) is 0 Å². The number of anilines is 1. The number of carbonyl (C=O) groups is 2. The number of carbonyl (C=O) groups excluding carboxylic acids is 2. The Labute approximate surface area is 168 Å². The second-order valence-corrected chi connectivity index (χ2v) is 7.19. The zero-order valence-corrected chi connectivity index (χ0v) is 16.5. The van der Waals surface area contributed by atoms with Crippen LogP contribution in [0.4, 0.5) is 11.4 Å². The molecule has 0 unspecified atom stereocenters. The van der Waals surface area contributed by atoms with Gasteiger partial charge in [0.15, 0.2) is 6.61 Å². The van der Waals surface area contributed by atoms with E-state index in [1.807, 2.05) is 18.7 Å². The minimum Gasteiger partial charge on any atom is -0.452 e. The molecular formula is C19H25N3O7. The summed E-state index contributed by atoms with van der Waals surface area (Å²) in [5, 5.41) is 11.5. The lowest BCUT2D eigenvalue weighted by Gasteiger charge is -2.35. The summed E-state index contributed by atoms with van der Waals surface area (Å²) in [6, 6.07) is 4.20. The quantitative estimate of drug-likeness (QED) is 0.407. The molecule has 0 spiro atoms. The molecule has 10 nitrogen and oxygen atoms in total. The van der Waals surface area contributed by atoms with Crippen LogP contribution in [-0.4, -0.2) is 79.9 Å². The first-order valence-electron chi connectivity index (χ1n) is 9.56. The highest BCUT2D eigenvalue weighted by Gasteiger charge is 2.27. The molecule has 1 aromatic carbocycles. The molecule has 2 aliphatic rings. The number of nitro groups is 1. The summed E-state index contributed by atoms with van der Waals surface area (Å²) in [5.74, 6) is -1.09. The highest BCUT2D eigenvalue weighted by atomic mass is 16.6. The van der Waals surface area contributed by atoms with Gasteiger partial charge < -0.3 is 24.0 Å². The van der Waals surface area contributed by atoms with Crippen molar-refractivity contribution in [1.29, 1.82) is 0 Å². The smallest absolute Gasteiger partial charge is 0.338 e. The first-order chi connectivity index (χ1) is 13.8. The summed E-state index contributed by atoms with van der Waals surface area (Å²) in [7, 11) is 0. The van der Waals surface area contributed by atoms with E-state index >= 15 is 0 Å². The van der Waals surface area contributed by atoms with Crippen LogP contribution in [0.25, 0.3) is 0 Å². The van der Waals surface area contributed by atoms with Crippen molar-refractivity contribution in [1.82, 2.24) is 4.90 Å². The van der Waals surface area contributed by atoms with Crippen LogP contribution in [0, 0.1) is 10.1 Å². The maximum absolute atomic E-state index is 12.3. The van der Waals surface area contributed by atoms with Gasteiger partial charge in [-0.3, -0.25) is 14.9 Å². The molecule has 10 heteroatoms. The maximum Gasteiger partial charge on any atom is 0.338 e.